The van der Waals surface area contributed by atoms with Gasteiger partial charge in [0.25, 0.3) is 0 Å². The summed E-state index contributed by atoms with van der Waals surface area (Å²) in [5.41, 5.74) is 5.67. The van der Waals surface area contributed by atoms with E-state index in [9.17, 15) is 9.59 Å². The standard InChI is InChI=1S/C19H37NO3S.Na.H/c1-3-4-5-6-7-8-9-10-11-12-13-14-18(21)23-19(22)17(20)15-16-24-2;;/h17H,3-16,20H2,1-2H3;;. The van der Waals surface area contributed by atoms with Crippen molar-refractivity contribution < 1.29 is 14.3 Å². The Balaban J connectivity index is 0. The zero-order valence-corrected chi connectivity index (χ0v) is 16.5. The van der Waals surface area contributed by atoms with Crippen LogP contribution in [0.15, 0.2) is 0 Å². The first kappa shape index (κ1) is 27.7. The predicted octanol–water partition coefficient (Wildman–Crippen LogP) is 4.19. The number of carbonyl (C=O) groups excluding carboxylic acids is 2. The molecule has 25 heavy (non-hydrogen) atoms. The predicted molar refractivity (Wildman–Crippen MR) is 110 cm³/mol. The molecule has 0 aliphatic rings. The second-order valence-electron chi connectivity index (χ2n) is 6.47. The maximum atomic E-state index is 11.6. The van der Waals surface area contributed by atoms with Crippen LogP contribution in [-0.2, 0) is 14.3 Å². The Morgan fingerprint density at radius 1 is 0.920 bits per heavy atom. The molecule has 1 unspecified atom stereocenters. The fourth-order valence-electron chi connectivity index (χ4n) is 2.54. The number of rotatable bonds is 16. The molecule has 0 saturated heterocycles. The monoisotopic (exact) mass is 383 g/mol. The molecule has 0 aromatic rings. The molecule has 0 heterocycles. The van der Waals surface area contributed by atoms with Crippen LogP contribution in [0.2, 0.25) is 0 Å². The van der Waals surface area contributed by atoms with Crippen LogP contribution in [0.5, 0.6) is 0 Å². The normalized spacial score (nSPS) is 11.6. The van der Waals surface area contributed by atoms with Crippen LogP contribution in [0.3, 0.4) is 0 Å². The third kappa shape index (κ3) is 19.0. The zero-order chi connectivity index (χ0) is 18.0. The maximum absolute atomic E-state index is 11.6. The molecule has 0 aliphatic heterocycles. The fourth-order valence-corrected chi connectivity index (χ4v) is 3.02. The second kappa shape index (κ2) is 20.8. The summed E-state index contributed by atoms with van der Waals surface area (Å²) in [4.78, 5) is 23.2. The number of thioether (sulfide) groups is 1. The Hall–Kier alpha value is 0.450. The molecule has 0 amide bonds. The van der Waals surface area contributed by atoms with Gasteiger partial charge in [0.1, 0.15) is 6.04 Å². The van der Waals surface area contributed by atoms with E-state index in [4.69, 9.17) is 10.5 Å². The van der Waals surface area contributed by atoms with Crippen molar-refractivity contribution >= 4 is 53.3 Å². The van der Waals surface area contributed by atoms with Crippen LogP contribution < -0.4 is 5.73 Å². The Labute approximate surface area is 181 Å². The summed E-state index contributed by atoms with van der Waals surface area (Å²) in [5, 5.41) is 0. The Kier molecular flexibility index (Phi) is 23.0. The third-order valence-corrected chi connectivity index (χ3v) is 4.78. The van der Waals surface area contributed by atoms with Crippen molar-refractivity contribution in [3.63, 3.8) is 0 Å². The van der Waals surface area contributed by atoms with Crippen molar-refractivity contribution in [3.8, 4) is 0 Å². The molecule has 0 spiro atoms. The SMILES string of the molecule is CCCCCCCCCCCCCC(=O)OC(=O)C(N)CCSC.[NaH]. The first-order valence-electron chi connectivity index (χ1n) is 9.60. The van der Waals surface area contributed by atoms with Gasteiger partial charge >= 0.3 is 41.5 Å². The van der Waals surface area contributed by atoms with Crippen molar-refractivity contribution in [1.29, 1.82) is 0 Å². The van der Waals surface area contributed by atoms with E-state index in [1.807, 2.05) is 6.26 Å². The molecule has 0 aliphatic carbocycles. The van der Waals surface area contributed by atoms with E-state index in [0.717, 1.165) is 25.0 Å². The van der Waals surface area contributed by atoms with E-state index in [-0.39, 0.29) is 29.6 Å². The van der Waals surface area contributed by atoms with Crippen molar-refractivity contribution in [1.82, 2.24) is 0 Å². The third-order valence-electron chi connectivity index (χ3n) is 4.13. The van der Waals surface area contributed by atoms with Crippen molar-refractivity contribution in [2.24, 2.45) is 5.73 Å². The molecular weight excluding hydrogens is 345 g/mol. The summed E-state index contributed by atoms with van der Waals surface area (Å²) in [6.45, 7) is 2.24. The van der Waals surface area contributed by atoms with Crippen LogP contribution in [0.1, 0.15) is 90.4 Å². The minimum atomic E-state index is -0.682. The first-order valence-corrected chi connectivity index (χ1v) is 11.0. The molecule has 0 saturated carbocycles. The summed E-state index contributed by atoms with van der Waals surface area (Å²) in [6.07, 6.45) is 16.4. The number of nitrogens with two attached hydrogens (primary N) is 1. The van der Waals surface area contributed by atoms with Gasteiger partial charge in [-0.1, -0.05) is 71.1 Å². The Morgan fingerprint density at radius 3 is 1.88 bits per heavy atom. The Bertz CT molecular complexity index is 330. The van der Waals surface area contributed by atoms with Gasteiger partial charge in [0.15, 0.2) is 0 Å². The van der Waals surface area contributed by atoms with Gasteiger partial charge in [-0.25, -0.2) is 4.79 Å². The summed E-state index contributed by atoms with van der Waals surface area (Å²) in [6, 6.07) is -0.682. The van der Waals surface area contributed by atoms with Crippen LogP contribution in [0.4, 0.5) is 0 Å². The number of esters is 2. The number of unbranched alkanes of at least 4 members (excludes halogenated alkanes) is 10. The van der Waals surface area contributed by atoms with E-state index < -0.39 is 18.0 Å². The van der Waals surface area contributed by atoms with E-state index in [0.29, 0.717) is 12.8 Å². The number of ether oxygens (including phenoxy) is 1. The summed E-state index contributed by atoms with van der Waals surface area (Å²) in [5.74, 6) is -0.226. The van der Waals surface area contributed by atoms with E-state index in [1.165, 1.54) is 51.4 Å². The van der Waals surface area contributed by atoms with Crippen molar-refractivity contribution in [2.45, 2.75) is 96.4 Å². The average molecular weight is 384 g/mol. The Morgan fingerprint density at radius 2 is 1.40 bits per heavy atom. The molecule has 0 radical (unpaired) electrons. The van der Waals surface area contributed by atoms with E-state index in [2.05, 4.69) is 6.92 Å². The van der Waals surface area contributed by atoms with Crippen LogP contribution in [0, 0.1) is 0 Å². The first-order chi connectivity index (χ1) is 11.6. The molecule has 0 aromatic heterocycles. The van der Waals surface area contributed by atoms with Crippen LogP contribution in [-0.4, -0.2) is 59.5 Å². The topological polar surface area (TPSA) is 69.4 Å². The molecule has 1 atom stereocenters. The number of carbonyl (C=O) groups is 2. The van der Waals surface area contributed by atoms with Crippen LogP contribution in [0.25, 0.3) is 0 Å². The average Bonchev–Trinajstić information content (AvgIpc) is 2.57. The molecule has 4 nitrogen and oxygen atoms in total. The van der Waals surface area contributed by atoms with Gasteiger partial charge in [0.05, 0.1) is 0 Å². The van der Waals surface area contributed by atoms with Crippen molar-refractivity contribution in [3.05, 3.63) is 0 Å². The minimum absolute atomic E-state index is 0. The van der Waals surface area contributed by atoms with Gasteiger partial charge < -0.3 is 10.5 Å². The molecule has 6 heteroatoms. The zero-order valence-electron chi connectivity index (χ0n) is 15.7. The molecule has 0 bridgehead atoms. The quantitative estimate of drug-likeness (QED) is 0.187. The van der Waals surface area contributed by atoms with Gasteiger partial charge in [-0.3, -0.25) is 4.79 Å². The number of hydrogen-bond donors (Lipinski definition) is 1. The van der Waals surface area contributed by atoms with Gasteiger partial charge in [-0.05, 0) is 24.9 Å². The summed E-state index contributed by atoms with van der Waals surface area (Å²) < 4.78 is 4.79. The molecule has 0 fully saturated rings. The van der Waals surface area contributed by atoms with Gasteiger partial charge in [0, 0.05) is 6.42 Å². The molecule has 144 valence electrons. The molecule has 0 rings (SSSR count). The summed E-state index contributed by atoms with van der Waals surface area (Å²) in [7, 11) is 0. The molecule has 0 aromatic carbocycles. The molecule has 2 N–H and O–H groups in total. The van der Waals surface area contributed by atoms with Crippen LogP contribution >= 0.6 is 11.8 Å². The molecular formula is C19H38NNaO3S. The van der Waals surface area contributed by atoms with E-state index >= 15 is 0 Å². The van der Waals surface area contributed by atoms with E-state index in [1.54, 1.807) is 11.8 Å². The number of hydrogen-bond acceptors (Lipinski definition) is 5. The second-order valence-corrected chi connectivity index (χ2v) is 7.45. The van der Waals surface area contributed by atoms with Crippen molar-refractivity contribution in [2.75, 3.05) is 12.0 Å². The van der Waals surface area contributed by atoms with Gasteiger partial charge in [0.2, 0.25) is 0 Å². The van der Waals surface area contributed by atoms with Gasteiger partial charge in [-0.2, -0.15) is 11.8 Å². The van der Waals surface area contributed by atoms with Gasteiger partial charge in [-0.15, -0.1) is 0 Å². The fraction of sp³-hybridized carbons (Fsp3) is 0.895. The summed E-state index contributed by atoms with van der Waals surface area (Å²) >= 11 is 1.62.